The lowest BCUT2D eigenvalue weighted by atomic mass is 10.2. The Kier molecular flexibility index (Phi) is 4.47. The molecule has 0 atom stereocenters. The molecule has 0 radical (unpaired) electrons. The zero-order valence-electron chi connectivity index (χ0n) is 11.5. The molecule has 1 aromatic heterocycles. The number of carbonyl (C=O) groups excluding carboxylic acids is 2. The predicted molar refractivity (Wildman–Crippen MR) is 69.8 cm³/mol. The number of nitrogen functional groups attached to an aromatic ring is 1. The summed E-state index contributed by atoms with van der Waals surface area (Å²) in [5.41, 5.74) is 5.21. The smallest absolute Gasteiger partial charge is 0.357 e. The van der Waals surface area contributed by atoms with Gasteiger partial charge >= 0.3 is 11.9 Å². The molecule has 0 amide bonds. The second-order valence-electron chi connectivity index (χ2n) is 4.85. The van der Waals surface area contributed by atoms with Gasteiger partial charge < -0.3 is 15.2 Å². The molecule has 0 aliphatic heterocycles. The molecule has 0 aromatic carbocycles. The van der Waals surface area contributed by atoms with E-state index in [1.165, 1.54) is 12.1 Å². The minimum Gasteiger partial charge on any atom is -0.462 e. The van der Waals surface area contributed by atoms with Crippen molar-refractivity contribution in [3.8, 4) is 0 Å². The number of nitrogens with two attached hydrogens (primary N) is 1. The summed E-state index contributed by atoms with van der Waals surface area (Å²) in [7, 11) is 0. The highest BCUT2D eigenvalue weighted by molar-refractivity contribution is 5.96. The van der Waals surface area contributed by atoms with Crippen LogP contribution in [0, 0.1) is 0 Å². The fourth-order valence-corrected chi connectivity index (χ4v) is 1.30. The fraction of sp³-hybridized carbons (Fsp3) is 0.462. The van der Waals surface area contributed by atoms with Crippen molar-refractivity contribution < 1.29 is 19.1 Å². The Morgan fingerprint density at radius 3 is 2.37 bits per heavy atom. The van der Waals surface area contributed by atoms with E-state index in [1.54, 1.807) is 27.7 Å². The highest BCUT2D eigenvalue weighted by atomic mass is 16.6. The van der Waals surface area contributed by atoms with Gasteiger partial charge in [-0.15, -0.1) is 0 Å². The predicted octanol–water partition coefficient (Wildman–Crippen LogP) is 1.80. The average Bonchev–Trinajstić information content (AvgIpc) is 2.26. The van der Waals surface area contributed by atoms with Crippen molar-refractivity contribution in [1.29, 1.82) is 0 Å². The lowest BCUT2D eigenvalue weighted by Gasteiger charge is -2.19. The molecule has 0 saturated heterocycles. The summed E-state index contributed by atoms with van der Waals surface area (Å²) in [5.74, 6) is -1.21. The van der Waals surface area contributed by atoms with Crippen LogP contribution in [0.25, 0.3) is 0 Å². The summed E-state index contributed by atoms with van der Waals surface area (Å²) < 4.78 is 9.97. The summed E-state index contributed by atoms with van der Waals surface area (Å²) >= 11 is 0. The topological polar surface area (TPSA) is 91.5 Å². The Morgan fingerprint density at radius 2 is 1.89 bits per heavy atom. The van der Waals surface area contributed by atoms with Crippen LogP contribution in [-0.2, 0) is 9.47 Å². The number of hydrogen-bond acceptors (Lipinski definition) is 6. The lowest BCUT2D eigenvalue weighted by Crippen LogP contribution is -2.25. The van der Waals surface area contributed by atoms with Gasteiger partial charge in [-0.25, -0.2) is 14.6 Å². The molecular formula is C13H18N2O4. The number of aromatic nitrogens is 1. The van der Waals surface area contributed by atoms with Gasteiger partial charge in [-0.3, -0.25) is 0 Å². The number of ether oxygens (including phenoxy) is 2. The Bertz CT molecular complexity index is 492. The summed E-state index contributed by atoms with van der Waals surface area (Å²) in [6, 6.07) is 2.79. The summed E-state index contributed by atoms with van der Waals surface area (Å²) in [6.07, 6.45) is 0. The maximum absolute atomic E-state index is 11.8. The third-order valence-electron chi connectivity index (χ3n) is 2.03. The van der Waals surface area contributed by atoms with Crippen molar-refractivity contribution >= 4 is 17.8 Å². The van der Waals surface area contributed by atoms with Gasteiger partial charge in [0.05, 0.1) is 6.61 Å². The SMILES string of the molecule is CCOC(=O)c1ccc(C(=O)OC(C)(C)C)nc1N. The zero-order valence-corrected chi connectivity index (χ0v) is 11.5. The van der Waals surface area contributed by atoms with Gasteiger partial charge in [0, 0.05) is 0 Å². The number of pyridine rings is 1. The van der Waals surface area contributed by atoms with Gasteiger partial charge in [0.1, 0.15) is 17.0 Å². The first-order valence-electron chi connectivity index (χ1n) is 5.91. The van der Waals surface area contributed by atoms with E-state index >= 15 is 0 Å². The number of rotatable bonds is 3. The maximum atomic E-state index is 11.8. The van der Waals surface area contributed by atoms with Crippen molar-refractivity contribution in [2.24, 2.45) is 0 Å². The second kappa shape index (κ2) is 5.69. The molecule has 6 heteroatoms. The largest absolute Gasteiger partial charge is 0.462 e. The summed E-state index contributed by atoms with van der Waals surface area (Å²) in [4.78, 5) is 27.1. The summed E-state index contributed by atoms with van der Waals surface area (Å²) in [6.45, 7) is 7.19. The van der Waals surface area contributed by atoms with E-state index in [-0.39, 0.29) is 23.7 Å². The number of hydrogen-bond donors (Lipinski definition) is 1. The Hall–Kier alpha value is -2.11. The van der Waals surface area contributed by atoms with Crippen molar-refractivity contribution in [1.82, 2.24) is 4.98 Å². The summed E-state index contributed by atoms with van der Waals surface area (Å²) in [5, 5.41) is 0. The molecule has 104 valence electrons. The van der Waals surface area contributed by atoms with Crippen LogP contribution in [0.1, 0.15) is 48.5 Å². The van der Waals surface area contributed by atoms with E-state index in [9.17, 15) is 9.59 Å². The van der Waals surface area contributed by atoms with Crippen molar-refractivity contribution in [3.05, 3.63) is 23.4 Å². The first-order valence-corrected chi connectivity index (χ1v) is 5.91. The molecule has 6 nitrogen and oxygen atoms in total. The molecule has 0 aliphatic rings. The van der Waals surface area contributed by atoms with Crippen molar-refractivity contribution in [2.45, 2.75) is 33.3 Å². The van der Waals surface area contributed by atoms with Crippen LogP contribution in [0.15, 0.2) is 12.1 Å². The zero-order chi connectivity index (χ0) is 14.6. The Morgan fingerprint density at radius 1 is 1.26 bits per heavy atom. The van der Waals surface area contributed by atoms with Gasteiger partial charge in [0.2, 0.25) is 0 Å². The molecular weight excluding hydrogens is 248 g/mol. The number of nitrogens with zero attached hydrogens (tertiary/aromatic N) is 1. The van der Waals surface area contributed by atoms with Gasteiger partial charge in [-0.1, -0.05) is 0 Å². The fourth-order valence-electron chi connectivity index (χ4n) is 1.30. The monoisotopic (exact) mass is 266 g/mol. The normalized spacial score (nSPS) is 10.9. The highest BCUT2D eigenvalue weighted by Crippen LogP contribution is 2.15. The van der Waals surface area contributed by atoms with Gasteiger partial charge in [-0.05, 0) is 39.8 Å². The standard InChI is InChI=1S/C13H18N2O4/c1-5-18-11(16)8-6-7-9(15-10(8)14)12(17)19-13(2,3)4/h6-7H,5H2,1-4H3,(H2,14,15). The Labute approximate surface area is 111 Å². The highest BCUT2D eigenvalue weighted by Gasteiger charge is 2.21. The van der Waals surface area contributed by atoms with Crippen LogP contribution >= 0.6 is 0 Å². The quantitative estimate of drug-likeness (QED) is 0.839. The third kappa shape index (κ3) is 4.24. The van der Waals surface area contributed by atoms with E-state index in [1.807, 2.05) is 0 Å². The van der Waals surface area contributed by atoms with E-state index in [0.29, 0.717) is 0 Å². The molecule has 0 spiro atoms. The molecule has 0 bridgehead atoms. The molecule has 1 heterocycles. The van der Waals surface area contributed by atoms with Crippen LogP contribution in [0.2, 0.25) is 0 Å². The molecule has 0 fully saturated rings. The van der Waals surface area contributed by atoms with Gasteiger partial charge in [0.25, 0.3) is 0 Å². The maximum Gasteiger partial charge on any atom is 0.357 e. The minimum atomic E-state index is -0.618. The molecule has 0 saturated carbocycles. The van der Waals surface area contributed by atoms with Crippen LogP contribution < -0.4 is 5.73 Å². The lowest BCUT2D eigenvalue weighted by molar-refractivity contribution is 0.00624. The van der Waals surface area contributed by atoms with E-state index < -0.39 is 17.5 Å². The third-order valence-corrected chi connectivity index (χ3v) is 2.03. The van der Waals surface area contributed by atoms with Crippen LogP contribution in [0.4, 0.5) is 5.82 Å². The number of carbonyl (C=O) groups is 2. The van der Waals surface area contributed by atoms with Gasteiger partial charge in [-0.2, -0.15) is 0 Å². The van der Waals surface area contributed by atoms with Crippen LogP contribution in [0.5, 0.6) is 0 Å². The van der Waals surface area contributed by atoms with E-state index in [4.69, 9.17) is 15.2 Å². The Balaban J connectivity index is 2.94. The molecule has 19 heavy (non-hydrogen) atoms. The molecule has 1 rings (SSSR count). The minimum absolute atomic E-state index is 0.0539. The first-order chi connectivity index (χ1) is 8.74. The number of esters is 2. The van der Waals surface area contributed by atoms with Crippen LogP contribution in [0.3, 0.4) is 0 Å². The molecule has 0 unspecified atom stereocenters. The average molecular weight is 266 g/mol. The van der Waals surface area contributed by atoms with E-state index in [0.717, 1.165) is 0 Å². The van der Waals surface area contributed by atoms with Crippen molar-refractivity contribution in [2.75, 3.05) is 12.3 Å². The number of anilines is 1. The molecule has 1 aromatic rings. The van der Waals surface area contributed by atoms with Gasteiger partial charge in [0.15, 0.2) is 5.69 Å². The second-order valence-corrected chi connectivity index (χ2v) is 4.85. The van der Waals surface area contributed by atoms with Crippen molar-refractivity contribution in [3.63, 3.8) is 0 Å². The molecule has 2 N–H and O–H groups in total. The first kappa shape index (κ1) is 14.9. The molecule has 0 aliphatic carbocycles. The van der Waals surface area contributed by atoms with Crippen LogP contribution in [-0.4, -0.2) is 29.1 Å². The van der Waals surface area contributed by atoms with E-state index in [2.05, 4.69) is 4.98 Å².